The lowest BCUT2D eigenvalue weighted by Crippen LogP contribution is -2.41. The van der Waals surface area contributed by atoms with Gasteiger partial charge in [-0.1, -0.05) is 42.5 Å². The fourth-order valence-electron chi connectivity index (χ4n) is 2.84. The van der Waals surface area contributed by atoms with Gasteiger partial charge in [0.15, 0.2) is 0 Å². The summed E-state index contributed by atoms with van der Waals surface area (Å²) >= 11 is 0. The Morgan fingerprint density at radius 2 is 1.45 bits per heavy atom. The quantitative estimate of drug-likeness (QED) is 0.552. The maximum atomic E-state index is 13.5. The molecule has 0 amide bonds. The molecule has 154 valence electrons. The number of ether oxygens (including phenoxy) is 1. The van der Waals surface area contributed by atoms with Crippen LogP contribution < -0.4 is 10.2 Å². The van der Waals surface area contributed by atoms with Gasteiger partial charge in [0, 0.05) is 5.56 Å². The monoisotopic (exact) mass is 406 g/mol. The normalized spacial score (nSPS) is 19.1. The third-order valence-corrected chi connectivity index (χ3v) is 5.25. The maximum Gasteiger partial charge on any atom is 0.494 e. The molecular weight excluding hydrogens is 384 g/mol. The van der Waals surface area contributed by atoms with Crippen molar-refractivity contribution in [2.45, 2.75) is 51.2 Å². The summed E-state index contributed by atoms with van der Waals surface area (Å²) in [5.41, 5.74) is -0.482. The van der Waals surface area contributed by atoms with Crippen LogP contribution >= 0.6 is 0 Å². The van der Waals surface area contributed by atoms with Gasteiger partial charge in [0.2, 0.25) is 5.78 Å². The molecule has 1 heterocycles. The van der Waals surface area contributed by atoms with E-state index in [2.05, 4.69) is 0 Å². The fraction of sp³-hybridized carbons (Fsp3) is 0.381. The number of halogens is 3. The molecule has 0 bridgehead atoms. The lowest BCUT2D eigenvalue weighted by molar-refractivity contribution is -0.179. The number of benzene rings is 2. The first-order valence-electron chi connectivity index (χ1n) is 9.19. The number of Topliss-reactive ketones (excluding diaryl/α,β-unsaturated/α-hetero) is 1. The minimum absolute atomic E-state index is 0.0661. The molecule has 8 heteroatoms. The van der Waals surface area contributed by atoms with E-state index >= 15 is 0 Å². The average Bonchev–Trinajstić information content (AvgIpc) is 2.87. The first-order chi connectivity index (χ1) is 13.4. The van der Waals surface area contributed by atoms with E-state index < -0.39 is 36.4 Å². The summed E-state index contributed by atoms with van der Waals surface area (Å²) in [5.74, 6) is -1.22. The van der Waals surface area contributed by atoms with E-state index in [1.54, 1.807) is 18.2 Å². The molecule has 2 aromatic rings. The topological polar surface area (TPSA) is 44.8 Å². The number of carbonyl (C=O) groups is 1. The SMILES string of the molecule is CC1(C)OB(c2ccc(O[C@@H](C(=O)c3ccccc3)C(F)(F)F)cc2)OC1(C)C. The highest BCUT2D eigenvalue weighted by Gasteiger charge is 2.52. The smallest absolute Gasteiger partial charge is 0.473 e. The van der Waals surface area contributed by atoms with Gasteiger partial charge in [-0.25, -0.2) is 0 Å². The number of rotatable bonds is 5. The third-order valence-electron chi connectivity index (χ3n) is 5.25. The molecule has 3 rings (SSSR count). The van der Waals surface area contributed by atoms with Gasteiger partial charge < -0.3 is 14.0 Å². The standard InChI is InChI=1S/C21H22BF3O4/c1-19(2)20(3,4)29-22(28-19)15-10-12-16(13-11-15)27-18(21(23,24)25)17(26)14-8-6-5-7-9-14/h5-13,18H,1-4H3/t18-/m0/s1. The molecule has 1 aliphatic heterocycles. The predicted octanol–water partition coefficient (Wildman–Crippen LogP) is 4.18. The van der Waals surface area contributed by atoms with Crippen LogP contribution in [0.4, 0.5) is 13.2 Å². The van der Waals surface area contributed by atoms with Crippen LogP contribution in [-0.2, 0) is 9.31 Å². The molecule has 1 aliphatic rings. The first kappa shape index (κ1) is 21.4. The van der Waals surface area contributed by atoms with E-state index in [4.69, 9.17) is 14.0 Å². The van der Waals surface area contributed by atoms with Gasteiger partial charge in [-0.15, -0.1) is 0 Å². The molecule has 0 aliphatic carbocycles. The van der Waals surface area contributed by atoms with Crippen molar-refractivity contribution in [3.05, 3.63) is 60.2 Å². The van der Waals surface area contributed by atoms with Crippen LogP contribution in [0.5, 0.6) is 5.75 Å². The molecule has 1 fully saturated rings. The van der Waals surface area contributed by atoms with E-state index in [0.717, 1.165) is 0 Å². The first-order valence-corrected chi connectivity index (χ1v) is 9.19. The zero-order valence-electron chi connectivity index (χ0n) is 16.6. The van der Waals surface area contributed by atoms with Crippen LogP contribution in [0.3, 0.4) is 0 Å². The van der Waals surface area contributed by atoms with Crippen LogP contribution in [0.25, 0.3) is 0 Å². The Balaban J connectivity index is 1.77. The Morgan fingerprint density at radius 1 is 0.931 bits per heavy atom. The van der Waals surface area contributed by atoms with Crippen molar-refractivity contribution < 1.29 is 32.0 Å². The minimum Gasteiger partial charge on any atom is -0.473 e. The van der Waals surface area contributed by atoms with Gasteiger partial charge in [-0.3, -0.25) is 4.79 Å². The van der Waals surface area contributed by atoms with Crippen molar-refractivity contribution in [2.24, 2.45) is 0 Å². The second-order valence-electron chi connectivity index (χ2n) is 7.93. The summed E-state index contributed by atoms with van der Waals surface area (Å²) in [5, 5.41) is 0. The van der Waals surface area contributed by atoms with E-state index in [-0.39, 0.29) is 11.3 Å². The minimum atomic E-state index is -4.85. The molecule has 1 saturated heterocycles. The molecular formula is C21H22BF3O4. The zero-order valence-corrected chi connectivity index (χ0v) is 16.6. The molecule has 0 saturated carbocycles. The number of hydrogen-bond acceptors (Lipinski definition) is 4. The van der Waals surface area contributed by atoms with Crippen LogP contribution in [0, 0.1) is 0 Å². The molecule has 2 aromatic carbocycles. The third kappa shape index (κ3) is 4.48. The van der Waals surface area contributed by atoms with Crippen molar-refractivity contribution in [2.75, 3.05) is 0 Å². The van der Waals surface area contributed by atoms with Gasteiger partial charge in [-0.05, 0) is 45.3 Å². The molecule has 0 aromatic heterocycles. The largest absolute Gasteiger partial charge is 0.494 e. The van der Waals surface area contributed by atoms with Crippen LogP contribution in [0.2, 0.25) is 0 Å². The highest BCUT2D eigenvalue weighted by atomic mass is 19.4. The predicted molar refractivity (Wildman–Crippen MR) is 103 cm³/mol. The number of carbonyl (C=O) groups excluding carboxylic acids is 1. The lowest BCUT2D eigenvalue weighted by atomic mass is 9.79. The van der Waals surface area contributed by atoms with Gasteiger partial charge in [0.1, 0.15) is 5.75 Å². The second kappa shape index (κ2) is 7.50. The van der Waals surface area contributed by atoms with Crippen molar-refractivity contribution in [3.8, 4) is 5.75 Å². The maximum absolute atomic E-state index is 13.5. The molecule has 0 spiro atoms. The van der Waals surface area contributed by atoms with E-state index in [9.17, 15) is 18.0 Å². The summed E-state index contributed by atoms with van der Waals surface area (Å²) in [6.07, 6.45) is -7.44. The van der Waals surface area contributed by atoms with Crippen molar-refractivity contribution in [3.63, 3.8) is 0 Å². The van der Waals surface area contributed by atoms with Gasteiger partial charge in [0.25, 0.3) is 6.10 Å². The Hall–Kier alpha value is -2.32. The zero-order chi connectivity index (χ0) is 21.4. The summed E-state index contributed by atoms with van der Waals surface area (Å²) in [7, 11) is -0.640. The highest BCUT2D eigenvalue weighted by molar-refractivity contribution is 6.62. The number of ketones is 1. The van der Waals surface area contributed by atoms with Gasteiger partial charge in [-0.2, -0.15) is 13.2 Å². The average molecular weight is 406 g/mol. The Labute approximate surface area is 168 Å². The van der Waals surface area contributed by atoms with Crippen molar-refractivity contribution in [1.29, 1.82) is 0 Å². The molecule has 1 atom stereocenters. The fourth-order valence-corrected chi connectivity index (χ4v) is 2.84. The van der Waals surface area contributed by atoms with E-state index in [1.165, 1.54) is 36.4 Å². The molecule has 29 heavy (non-hydrogen) atoms. The van der Waals surface area contributed by atoms with E-state index in [0.29, 0.717) is 5.46 Å². The van der Waals surface area contributed by atoms with Gasteiger partial charge >= 0.3 is 13.3 Å². The second-order valence-corrected chi connectivity index (χ2v) is 7.93. The Bertz CT molecular complexity index is 848. The Kier molecular flexibility index (Phi) is 5.53. The van der Waals surface area contributed by atoms with Crippen LogP contribution in [0.1, 0.15) is 38.1 Å². The summed E-state index contributed by atoms with van der Waals surface area (Å²) in [6.45, 7) is 7.64. The van der Waals surface area contributed by atoms with Crippen LogP contribution in [-0.4, -0.2) is 36.4 Å². The molecule has 0 radical (unpaired) electrons. The Morgan fingerprint density at radius 3 is 1.93 bits per heavy atom. The number of alkyl halides is 3. The van der Waals surface area contributed by atoms with Gasteiger partial charge in [0.05, 0.1) is 11.2 Å². The van der Waals surface area contributed by atoms with Crippen molar-refractivity contribution in [1.82, 2.24) is 0 Å². The molecule has 4 nitrogen and oxygen atoms in total. The lowest BCUT2D eigenvalue weighted by Gasteiger charge is -2.32. The number of hydrogen-bond donors (Lipinski definition) is 0. The van der Waals surface area contributed by atoms with Crippen molar-refractivity contribution >= 4 is 18.4 Å². The highest BCUT2D eigenvalue weighted by Crippen LogP contribution is 2.36. The van der Waals surface area contributed by atoms with Crippen LogP contribution in [0.15, 0.2) is 54.6 Å². The molecule has 0 N–H and O–H groups in total. The summed E-state index contributed by atoms with van der Waals surface area (Å²) < 4.78 is 57.2. The summed E-state index contributed by atoms with van der Waals surface area (Å²) in [4.78, 5) is 12.3. The summed E-state index contributed by atoms with van der Waals surface area (Å²) in [6, 6.07) is 13.1. The molecule has 0 unspecified atom stereocenters. The van der Waals surface area contributed by atoms with E-state index in [1.807, 2.05) is 27.7 Å².